The molecule has 0 N–H and O–H groups in total. The molecule has 0 aliphatic rings. The fourth-order valence-electron chi connectivity index (χ4n) is 2.65. The van der Waals surface area contributed by atoms with Gasteiger partial charge in [-0.2, -0.15) is 0 Å². The van der Waals surface area contributed by atoms with E-state index in [1.54, 1.807) is 0 Å². The smallest absolute Gasteiger partial charge is 0.137 e. The number of pyridine rings is 1. The van der Waals surface area contributed by atoms with Gasteiger partial charge in [-0.1, -0.05) is 45.6 Å². The van der Waals surface area contributed by atoms with Crippen LogP contribution in [0.5, 0.6) is 0 Å². The van der Waals surface area contributed by atoms with Gasteiger partial charge < -0.3 is 4.40 Å². The summed E-state index contributed by atoms with van der Waals surface area (Å²) in [6.07, 6.45) is 12.2. The molecule has 0 spiro atoms. The Kier molecular flexibility index (Phi) is 5.44. The van der Waals surface area contributed by atoms with Crippen LogP contribution < -0.4 is 0 Å². The number of nitrogens with zero attached hydrogens (tertiary/aromatic N) is 2. The van der Waals surface area contributed by atoms with E-state index in [-0.39, 0.29) is 0 Å². The fraction of sp³-hybridized carbons (Fsp3) is 0.588. The zero-order valence-corrected chi connectivity index (χ0v) is 12.4. The van der Waals surface area contributed by atoms with E-state index >= 15 is 0 Å². The summed E-state index contributed by atoms with van der Waals surface area (Å²) in [5, 5.41) is 0. The molecule has 0 bridgehead atoms. The lowest BCUT2D eigenvalue weighted by Crippen LogP contribution is -1.97. The summed E-state index contributed by atoms with van der Waals surface area (Å²) in [5.74, 6) is 0. The molecule has 0 radical (unpaired) electrons. The van der Waals surface area contributed by atoms with Crippen molar-refractivity contribution in [1.29, 1.82) is 0 Å². The van der Waals surface area contributed by atoms with E-state index in [1.807, 2.05) is 0 Å². The first-order valence-electron chi connectivity index (χ1n) is 7.81. The summed E-state index contributed by atoms with van der Waals surface area (Å²) >= 11 is 0. The summed E-state index contributed by atoms with van der Waals surface area (Å²) in [4.78, 5) is 4.83. The zero-order valence-electron chi connectivity index (χ0n) is 12.4. The summed E-state index contributed by atoms with van der Waals surface area (Å²) in [6.45, 7) is 4.52. The third kappa shape index (κ3) is 3.59. The van der Waals surface area contributed by atoms with E-state index in [0.29, 0.717) is 0 Å². The second-order valence-electron chi connectivity index (χ2n) is 5.35. The molecule has 0 unspecified atom stereocenters. The molecule has 2 aromatic rings. The van der Waals surface area contributed by atoms with E-state index < -0.39 is 0 Å². The van der Waals surface area contributed by atoms with Gasteiger partial charge in [0, 0.05) is 11.9 Å². The van der Waals surface area contributed by atoms with Crippen LogP contribution >= 0.6 is 0 Å². The van der Waals surface area contributed by atoms with Crippen molar-refractivity contribution >= 4 is 5.65 Å². The Labute approximate surface area is 116 Å². The molecule has 0 saturated carbocycles. The third-order valence-corrected chi connectivity index (χ3v) is 3.75. The minimum absolute atomic E-state index is 1.11. The summed E-state index contributed by atoms with van der Waals surface area (Å²) in [5.41, 5.74) is 3.89. The molecular formula is C17H26N2. The molecule has 104 valence electrons. The largest absolute Gasteiger partial charge is 0.304 e. The molecule has 0 atom stereocenters. The van der Waals surface area contributed by atoms with E-state index in [2.05, 4.69) is 42.6 Å². The maximum atomic E-state index is 4.83. The van der Waals surface area contributed by atoms with Crippen molar-refractivity contribution < 1.29 is 0 Å². The van der Waals surface area contributed by atoms with Gasteiger partial charge in [0.25, 0.3) is 0 Å². The topological polar surface area (TPSA) is 17.3 Å². The van der Waals surface area contributed by atoms with Crippen LogP contribution in [0.25, 0.3) is 5.65 Å². The van der Waals surface area contributed by atoms with Gasteiger partial charge in [-0.25, -0.2) is 4.98 Å². The number of aromatic nitrogens is 2. The van der Waals surface area contributed by atoms with Gasteiger partial charge in [0.15, 0.2) is 0 Å². The molecule has 2 heterocycles. The van der Waals surface area contributed by atoms with Crippen molar-refractivity contribution in [1.82, 2.24) is 9.38 Å². The second kappa shape index (κ2) is 7.32. The van der Waals surface area contributed by atoms with Gasteiger partial charge in [-0.3, -0.25) is 0 Å². The predicted molar refractivity (Wildman–Crippen MR) is 81.7 cm³/mol. The van der Waals surface area contributed by atoms with Crippen LogP contribution in [0.15, 0.2) is 24.4 Å². The average molecular weight is 258 g/mol. The van der Waals surface area contributed by atoms with E-state index in [0.717, 1.165) is 12.1 Å². The van der Waals surface area contributed by atoms with Crippen LogP contribution in [0.1, 0.15) is 63.8 Å². The summed E-state index contributed by atoms with van der Waals surface area (Å²) in [6, 6.07) is 6.30. The predicted octanol–water partition coefficient (Wildman–Crippen LogP) is 4.80. The minimum Gasteiger partial charge on any atom is -0.304 e. The molecular weight excluding hydrogens is 232 g/mol. The highest BCUT2D eigenvalue weighted by atomic mass is 15.0. The number of fused-ring (bicyclic) bond motifs is 1. The number of hydrogen-bond acceptors (Lipinski definition) is 1. The van der Waals surface area contributed by atoms with Crippen molar-refractivity contribution in [3.63, 3.8) is 0 Å². The molecule has 0 aromatic carbocycles. The van der Waals surface area contributed by atoms with Crippen LogP contribution in [0.4, 0.5) is 0 Å². The van der Waals surface area contributed by atoms with Gasteiger partial charge in [-0.05, 0) is 37.8 Å². The molecule has 19 heavy (non-hydrogen) atoms. The highest BCUT2D eigenvalue weighted by Gasteiger charge is 2.10. The van der Waals surface area contributed by atoms with Crippen molar-refractivity contribution in [2.45, 2.75) is 65.2 Å². The first kappa shape index (κ1) is 14.1. The van der Waals surface area contributed by atoms with Gasteiger partial charge in [-0.15, -0.1) is 0 Å². The molecule has 0 amide bonds. The SMILES string of the molecule is CCCCCc1nc2ccccn2c1CCCCC. The molecule has 2 heteroatoms. The fourth-order valence-corrected chi connectivity index (χ4v) is 2.65. The lowest BCUT2D eigenvalue weighted by Gasteiger charge is -2.04. The Balaban J connectivity index is 2.18. The Bertz CT molecular complexity index is 499. The monoisotopic (exact) mass is 258 g/mol. The van der Waals surface area contributed by atoms with Crippen LogP contribution in [-0.4, -0.2) is 9.38 Å². The summed E-state index contributed by atoms with van der Waals surface area (Å²) < 4.78 is 2.29. The molecule has 2 nitrogen and oxygen atoms in total. The molecule has 0 aliphatic carbocycles. The Morgan fingerprint density at radius 1 is 0.947 bits per heavy atom. The first-order valence-corrected chi connectivity index (χ1v) is 7.81. The zero-order chi connectivity index (χ0) is 13.5. The van der Waals surface area contributed by atoms with Gasteiger partial charge in [0.2, 0.25) is 0 Å². The lowest BCUT2D eigenvalue weighted by molar-refractivity contribution is 0.678. The molecule has 2 aromatic heterocycles. The average Bonchev–Trinajstić information content (AvgIpc) is 2.78. The number of imidazole rings is 1. The first-order chi connectivity index (χ1) is 9.36. The molecule has 0 saturated heterocycles. The maximum Gasteiger partial charge on any atom is 0.137 e. The number of rotatable bonds is 8. The van der Waals surface area contributed by atoms with Crippen LogP contribution in [-0.2, 0) is 12.8 Å². The number of hydrogen-bond donors (Lipinski definition) is 0. The Morgan fingerprint density at radius 3 is 2.42 bits per heavy atom. The Morgan fingerprint density at radius 2 is 1.68 bits per heavy atom. The van der Waals surface area contributed by atoms with E-state index in [9.17, 15) is 0 Å². The number of unbranched alkanes of at least 4 members (excludes halogenated alkanes) is 4. The third-order valence-electron chi connectivity index (χ3n) is 3.75. The molecule has 2 rings (SSSR count). The second-order valence-corrected chi connectivity index (χ2v) is 5.35. The van der Waals surface area contributed by atoms with Crippen LogP contribution in [0, 0.1) is 0 Å². The van der Waals surface area contributed by atoms with Gasteiger partial charge in [0.05, 0.1) is 5.69 Å². The van der Waals surface area contributed by atoms with E-state index in [4.69, 9.17) is 4.98 Å². The van der Waals surface area contributed by atoms with Crippen LogP contribution in [0.2, 0.25) is 0 Å². The standard InChI is InChI=1S/C17H26N2/c1-3-5-7-11-15-16(12-8-6-4-2)19-14-10-9-13-17(19)18-15/h9-10,13-14H,3-8,11-12H2,1-2H3. The molecule has 0 fully saturated rings. The number of aryl methyl sites for hydroxylation is 2. The minimum atomic E-state index is 1.11. The van der Waals surface area contributed by atoms with Crippen LogP contribution in [0.3, 0.4) is 0 Å². The van der Waals surface area contributed by atoms with Gasteiger partial charge >= 0.3 is 0 Å². The lowest BCUT2D eigenvalue weighted by atomic mass is 10.1. The van der Waals surface area contributed by atoms with Crippen molar-refractivity contribution in [2.75, 3.05) is 0 Å². The highest BCUT2D eigenvalue weighted by Crippen LogP contribution is 2.18. The quantitative estimate of drug-likeness (QED) is 0.622. The maximum absolute atomic E-state index is 4.83. The normalized spacial score (nSPS) is 11.3. The van der Waals surface area contributed by atoms with Crippen molar-refractivity contribution in [3.8, 4) is 0 Å². The van der Waals surface area contributed by atoms with E-state index in [1.165, 1.54) is 56.3 Å². The summed E-state index contributed by atoms with van der Waals surface area (Å²) in [7, 11) is 0. The Hall–Kier alpha value is -1.31. The van der Waals surface area contributed by atoms with Gasteiger partial charge in [0.1, 0.15) is 5.65 Å². The van der Waals surface area contributed by atoms with Crippen molar-refractivity contribution in [2.24, 2.45) is 0 Å². The highest BCUT2D eigenvalue weighted by molar-refractivity contribution is 5.43. The molecule has 0 aliphatic heterocycles. The van der Waals surface area contributed by atoms with Crippen molar-refractivity contribution in [3.05, 3.63) is 35.8 Å².